The maximum absolute atomic E-state index is 12.3. The molecule has 5 nitrogen and oxygen atoms in total. The van der Waals surface area contributed by atoms with Gasteiger partial charge < -0.3 is 10.4 Å². The second-order valence-corrected chi connectivity index (χ2v) is 5.56. The highest BCUT2D eigenvalue weighted by Gasteiger charge is 2.31. The normalized spacial score (nSPS) is 17.0. The van der Waals surface area contributed by atoms with E-state index in [-0.39, 0.29) is 11.9 Å². The molecule has 1 aliphatic carbocycles. The van der Waals surface area contributed by atoms with Gasteiger partial charge in [-0.2, -0.15) is 0 Å². The van der Waals surface area contributed by atoms with Crippen LogP contribution >= 0.6 is 0 Å². The molecule has 0 spiro atoms. The van der Waals surface area contributed by atoms with Gasteiger partial charge in [0.1, 0.15) is 6.04 Å². The van der Waals surface area contributed by atoms with Gasteiger partial charge in [-0.15, -0.1) is 0 Å². The Hall–Kier alpha value is -2.04. The molecule has 0 aliphatic heterocycles. The Morgan fingerprint density at radius 3 is 2.38 bits per heavy atom. The molecule has 1 atom stereocenters. The van der Waals surface area contributed by atoms with Crippen LogP contribution in [0.1, 0.15) is 32.1 Å². The lowest BCUT2D eigenvalue weighted by Gasteiger charge is -2.29. The second-order valence-electron chi connectivity index (χ2n) is 5.56. The number of para-hydroxylation sites is 1. The van der Waals surface area contributed by atoms with Crippen LogP contribution in [0.2, 0.25) is 0 Å². The van der Waals surface area contributed by atoms with E-state index < -0.39 is 12.0 Å². The van der Waals surface area contributed by atoms with Crippen LogP contribution in [0.5, 0.6) is 0 Å². The Kier molecular flexibility index (Phi) is 5.20. The number of carboxylic acids is 1. The zero-order valence-electron chi connectivity index (χ0n) is 12.3. The number of hydrogen-bond donors (Lipinski definition) is 2. The Labute approximate surface area is 125 Å². The summed E-state index contributed by atoms with van der Waals surface area (Å²) in [6.07, 6.45) is 4.97. The number of anilines is 1. The van der Waals surface area contributed by atoms with Gasteiger partial charge in [0.25, 0.3) is 0 Å². The SMILES string of the molecule is CN(C(=O)NC(C(=O)O)C1CCCCC1)c1ccccc1. The number of rotatable bonds is 4. The van der Waals surface area contributed by atoms with Gasteiger partial charge in [-0.25, -0.2) is 9.59 Å². The van der Waals surface area contributed by atoms with Crippen molar-refractivity contribution in [3.8, 4) is 0 Å². The van der Waals surface area contributed by atoms with E-state index in [0.29, 0.717) is 0 Å². The molecule has 0 heterocycles. The molecule has 0 saturated heterocycles. The van der Waals surface area contributed by atoms with Crippen LogP contribution in [-0.4, -0.2) is 30.2 Å². The van der Waals surface area contributed by atoms with Crippen molar-refractivity contribution in [1.29, 1.82) is 0 Å². The third kappa shape index (κ3) is 3.97. The smallest absolute Gasteiger partial charge is 0.326 e. The van der Waals surface area contributed by atoms with E-state index in [0.717, 1.165) is 37.8 Å². The van der Waals surface area contributed by atoms with Crippen LogP contribution in [0.15, 0.2) is 30.3 Å². The Balaban J connectivity index is 2.02. The highest BCUT2D eigenvalue weighted by atomic mass is 16.4. The van der Waals surface area contributed by atoms with E-state index in [4.69, 9.17) is 0 Å². The summed E-state index contributed by atoms with van der Waals surface area (Å²) in [6.45, 7) is 0. The standard InChI is InChI=1S/C16H22N2O3/c1-18(13-10-6-3-7-11-13)16(21)17-14(15(19)20)12-8-4-2-5-9-12/h3,6-7,10-12,14H,2,4-5,8-9H2,1H3,(H,17,21)(H,19,20). The Bertz CT molecular complexity index is 484. The molecule has 2 amide bonds. The average molecular weight is 290 g/mol. The molecule has 21 heavy (non-hydrogen) atoms. The van der Waals surface area contributed by atoms with E-state index >= 15 is 0 Å². The van der Waals surface area contributed by atoms with Crippen LogP contribution < -0.4 is 10.2 Å². The summed E-state index contributed by atoms with van der Waals surface area (Å²) in [7, 11) is 1.64. The van der Waals surface area contributed by atoms with Crippen molar-refractivity contribution in [2.24, 2.45) is 5.92 Å². The van der Waals surface area contributed by atoms with Crippen molar-refractivity contribution in [2.45, 2.75) is 38.1 Å². The highest BCUT2D eigenvalue weighted by molar-refractivity contribution is 5.94. The predicted octanol–water partition coefficient (Wildman–Crippen LogP) is 2.87. The van der Waals surface area contributed by atoms with Gasteiger partial charge in [-0.1, -0.05) is 37.5 Å². The second kappa shape index (κ2) is 7.11. The maximum Gasteiger partial charge on any atom is 0.326 e. The number of hydrogen-bond acceptors (Lipinski definition) is 2. The summed E-state index contributed by atoms with van der Waals surface area (Å²) in [6, 6.07) is 8.01. The number of aliphatic carboxylic acids is 1. The lowest BCUT2D eigenvalue weighted by atomic mass is 9.84. The lowest BCUT2D eigenvalue weighted by molar-refractivity contribution is -0.141. The summed E-state index contributed by atoms with van der Waals surface area (Å²) >= 11 is 0. The van der Waals surface area contributed by atoms with Gasteiger partial charge in [-0.05, 0) is 30.9 Å². The first-order valence-electron chi connectivity index (χ1n) is 7.41. The first-order valence-corrected chi connectivity index (χ1v) is 7.41. The number of benzene rings is 1. The summed E-state index contributed by atoms with van der Waals surface area (Å²) < 4.78 is 0. The minimum atomic E-state index is -0.947. The van der Waals surface area contributed by atoms with Gasteiger partial charge in [-0.3, -0.25) is 4.90 Å². The first kappa shape index (κ1) is 15.4. The minimum Gasteiger partial charge on any atom is -0.480 e. The zero-order valence-corrected chi connectivity index (χ0v) is 12.3. The Morgan fingerprint density at radius 2 is 1.81 bits per heavy atom. The van der Waals surface area contributed by atoms with Gasteiger partial charge in [0.2, 0.25) is 0 Å². The van der Waals surface area contributed by atoms with Crippen molar-refractivity contribution < 1.29 is 14.7 Å². The predicted molar refractivity (Wildman–Crippen MR) is 81.4 cm³/mol. The topological polar surface area (TPSA) is 69.6 Å². The van der Waals surface area contributed by atoms with Crippen LogP contribution in [0, 0.1) is 5.92 Å². The molecule has 0 aromatic heterocycles. The van der Waals surface area contributed by atoms with E-state index in [1.54, 1.807) is 7.05 Å². The molecule has 114 valence electrons. The number of carbonyl (C=O) groups is 2. The molecule has 1 saturated carbocycles. The molecule has 1 fully saturated rings. The first-order chi connectivity index (χ1) is 10.1. The van der Waals surface area contributed by atoms with Crippen LogP contribution in [0.25, 0.3) is 0 Å². The number of amides is 2. The average Bonchev–Trinajstić information content (AvgIpc) is 2.53. The number of carboxylic acid groups (broad SMARTS) is 1. The van der Waals surface area contributed by atoms with E-state index in [9.17, 15) is 14.7 Å². The number of nitrogens with zero attached hydrogens (tertiary/aromatic N) is 1. The van der Waals surface area contributed by atoms with Crippen molar-refractivity contribution in [3.05, 3.63) is 30.3 Å². The molecule has 0 radical (unpaired) electrons. The van der Waals surface area contributed by atoms with E-state index in [1.807, 2.05) is 30.3 Å². The molecule has 0 bridgehead atoms. The van der Waals surface area contributed by atoms with Gasteiger partial charge in [0.05, 0.1) is 0 Å². The molecule has 1 unspecified atom stereocenters. The van der Waals surface area contributed by atoms with Crippen LogP contribution in [0.3, 0.4) is 0 Å². The quantitative estimate of drug-likeness (QED) is 0.895. The third-order valence-corrected chi connectivity index (χ3v) is 4.11. The molecule has 1 aliphatic rings. The Morgan fingerprint density at radius 1 is 1.19 bits per heavy atom. The molecule has 5 heteroatoms. The van der Waals surface area contributed by atoms with Gasteiger partial charge in [0, 0.05) is 12.7 Å². The maximum atomic E-state index is 12.3. The molecular weight excluding hydrogens is 268 g/mol. The summed E-state index contributed by atoms with van der Waals surface area (Å²) in [5, 5.41) is 12.1. The van der Waals surface area contributed by atoms with Gasteiger partial charge >= 0.3 is 12.0 Å². The number of urea groups is 1. The van der Waals surface area contributed by atoms with E-state index in [2.05, 4.69) is 5.32 Å². The number of carbonyl (C=O) groups excluding carboxylic acids is 1. The van der Waals surface area contributed by atoms with Gasteiger partial charge in [0.15, 0.2) is 0 Å². The van der Waals surface area contributed by atoms with Crippen LogP contribution in [0.4, 0.5) is 10.5 Å². The lowest BCUT2D eigenvalue weighted by Crippen LogP contribution is -2.50. The largest absolute Gasteiger partial charge is 0.480 e. The van der Waals surface area contributed by atoms with E-state index in [1.165, 1.54) is 4.90 Å². The van der Waals surface area contributed by atoms with Crippen molar-refractivity contribution in [3.63, 3.8) is 0 Å². The number of nitrogens with one attached hydrogen (secondary N) is 1. The fourth-order valence-corrected chi connectivity index (χ4v) is 2.85. The fourth-order valence-electron chi connectivity index (χ4n) is 2.85. The summed E-state index contributed by atoms with van der Waals surface area (Å²) in [4.78, 5) is 25.2. The van der Waals surface area contributed by atoms with Crippen molar-refractivity contribution >= 4 is 17.7 Å². The summed E-state index contributed by atoms with van der Waals surface area (Å²) in [5.74, 6) is -0.916. The monoisotopic (exact) mass is 290 g/mol. The molecular formula is C16H22N2O3. The fraction of sp³-hybridized carbons (Fsp3) is 0.500. The highest BCUT2D eigenvalue weighted by Crippen LogP contribution is 2.27. The molecule has 2 N–H and O–H groups in total. The third-order valence-electron chi connectivity index (χ3n) is 4.11. The van der Waals surface area contributed by atoms with Crippen molar-refractivity contribution in [2.75, 3.05) is 11.9 Å². The van der Waals surface area contributed by atoms with Crippen LogP contribution in [-0.2, 0) is 4.79 Å². The zero-order chi connectivity index (χ0) is 15.2. The van der Waals surface area contributed by atoms with Crippen molar-refractivity contribution in [1.82, 2.24) is 5.32 Å². The molecule has 1 aromatic rings. The molecule has 2 rings (SSSR count). The minimum absolute atomic E-state index is 0.0318. The molecule has 1 aromatic carbocycles. The summed E-state index contributed by atoms with van der Waals surface area (Å²) in [5.41, 5.74) is 0.739.